The smallest absolute Gasteiger partial charge is 0.0411 e. The van der Waals surface area contributed by atoms with Crippen LogP contribution in [0.5, 0.6) is 0 Å². The molecule has 1 N–H and O–H groups in total. The van der Waals surface area contributed by atoms with Gasteiger partial charge >= 0.3 is 0 Å². The Labute approximate surface area is 128 Å². The van der Waals surface area contributed by atoms with E-state index in [-0.39, 0.29) is 0 Å². The van der Waals surface area contributed by atoms with Gasteiger partial charge in [-0.05, 0) is 36.9 Å². The van der Waals surface area contributed by atoms with Crippen LogP contribution in [0.3, 0.4) is 0 Å². The third kappa shape index (κ3) is 4.82. The molecule has 1 saturated carbocycles. The van der Waals surface area contributed by atoms with Crippen LogP contribution in [0.4, 0.5) is 0 Å². The highest BCUT2D eigenvalue weighted by Gasteiger charge is 2.17. The summed E-state index contributed by atoms with van der Waals surface area (Å²) in [5.41, 5.74) is 2.89. The Morgan fingerprint density at radius 3 is 2.40 bits per heavy atom. The van der Waals surface area contributed by atoms with Crippen molar-refractivity contribution in [3.8, 4) is 0 Å². The summed E-state index contributed by atoms with van der Waals surface area (Å²) in [6, 6.07) is 9.70. The summed E-state index contributed by atoms with van der Waals surface area (Å²) >= 11 is 2.19. The first-order chi connectivity index (χ1) is 9.83. The van der Waals surface area contributed by atoms with Gasteiger partial charge in [-0.1, -0.05) is 57.4 Å². The van der Waals surface area contributed by atoms with Crippen LogP contribution >= 0.6 is 11.8 Å². The minimum Gasteiger partial charge on any atom is -0.310 e. The van der Waals surface area contributed by atoms with Crippen LogP contribution in [0.1, 0.15) is 63.1 Å². The Bertz CT molecular complexity index is 368. The second-order valence-electron chi connectivity index (χ2n) is 5.80. The van der Waals surface area contributed by atoms with Gasteiger partial charge in [-0.25, -0.2) is 0 Å². The topological polar surface area (TPSA) is 12.0 Å². The van der Waals surface area contributed by atoms with Crippen molar-refractivity contribution in [2.24, 2.45) is 0 Å². The molecule has 1 fully saturated rings. The van der Waals surface area contributed by atoms with E-state index in [1.165, 1.54) is 49.0 Å². The van der Waals surface area contributed by atoms with Crippen LogP contribution in [0, 0.1) is 0 Å². The zero-order chi connectivity index (χ0) is 14.2. The van der Waals surface area contributed by atoms with E-state index >= 15 is 0 Å². The quantitative estimate of drug-likeness (QED) is 0.761. The lowest BCUT2D eigenvalue weighted by Crippen LogP contribution is -2.24. The van der Waals surface area contributed by atoms with E-state index in [1.807, 2.05) is 0 Å². The SMILES string of the molecule is CCNC(CSC1CCCCC1)c1ccc(CC)cc1. The summed E-state index contributed by atoms with van der Waals surface area (Å²) < 4.78 is 0. The number of rotatable bonds is 7. The fourth-order valence-electron chi connectivity index (χ4n) is 2.97. The number of benzene rings is 1. The van der Waals surface area contributed by atoms with E-state index in [1.54, 1.807) is 0 Å². The number of thioether (sulfide) groups is 1. The highest BCUT2D eigenvalue weighted by molar-refractivity contribution is 7.99. The summed E-state index contributed by atoms with van der Waals surface area (Å²) in [7, 11) is 0. The van der Waals surface area contributed by atoms with Gasteiger partial charge in [0.25, 0.3) is 0 Å². The van der Waals surface area contributed by atoms with Gasteiger partial charge in [-0.3, -0.25) is 0 Å². The Balaban J connectivity index is 1.90. The van der Waals surface area contributed by atoms with Crippen molar-refractivity contribution in [3.63, 3.8) is 0 Å². The first-order valence-electron chi connectivity index (χ1n) is 8.27. The Morgan fingerprint density at radius 1 is 1.10 bits per heavy atom. The van der Waals surface area contributed by atoms with E-state index in [0.29, 0.717) is 6.04 Å². The zero-order valence-corrected chi connectivity index (χ0v) is 13.8. The fourth-order valence-corrected chi connectivity index (χ4v) is 4.41. The third-order valence-corrected chi connectivity index (χ3v) is 5.76. The molecule has 1 aromatic carbocycles. The van der Waals surface area contributed by atoms with Gasteiger partial charge < -0.3 is 5.32 Å². The van der Waals surface area contributed by atoms with Crippen molar-refractivity contribution in [1.29, 1.82) is 0 Å². The number of hydrogen-bond acceptors (Lipinski definition) is 2. The fraction of sp³-hybridized carbons (Fsp3) is 0.667. The molecule has 2 rings (SSSR count). The van der Waals surface area contributed by atoms with Crippen molar-refractivity contribution in [3.05, 3.63) is 35.4 Å². The van der Waals surface area contributed by atoms with Crippen LogP contribution in [-0.4, -0.2) is 17.5 Å². The molecule has 112 valence electrons. The van der Waals surface area contributed by atoms with Crippen LogP contribution in [0.15, 0.2) is 24.3 Å². The van der Waals surface area contributed by atoms with E-state index in [4.69, 9.17) is 0 Å². The summed E-state index contributed by atoms with van der Waals surface area (Å²) in [5, 5.41) is 4.56. The molecule has 0 radical (unpaired) electrons. The lowest BCUT2D eigenvalue weighted by molar-refractivity contribution is 0.514. The highest BCUT2D eigenvalue weighted by atomic mass is 32.2. The van der Waals surface area contributed by atoms with Gasteiger partial charge in [-0.15, -0.1) is 0 Å². The lowest BCUT2D eigenvalue weighted by atomic mass is 10.0. The predicted molar refractivity (Wildman–Crippen MR) is 91.6 cm³/mol. The number of hydrogen-bond donors (Lipinski definition) is 1. The molecule has 0 amide bonds. The normalized spacial score (nSPS) is 18.1. The van der Waals surface area contributed by atoms with E-state index in [0.717, 1.165) is 18.2 Å². The molecule has 1 unspecified atom stereocenters. The molecule has 1 aliphatic carbocycles. The van der Waals surface area contributed by atoms with Crippen molar-refractivity contribution >= 4 is 11.8 Å². The molecular weight excluding hydrogens is 262 g/mol. The average molecular weight is 292 g/mol. The molecule has 0 saturated heterocycles. The maximum absolute atomic E-state index is 3.66. The largest absolute Gasteiger partial charge is 0.310 e. The molecule has 0 heterocycles. The molecule has 0 aliphatic heterocycles. The minimum atomic E-state index is 0.512. The molecular formula is C18H29NS. The van der Waals surface area contributed by atoms with Crippen molar-refractivity contribution in [1.82, 2.24) is 5.32 Å². The maximum Gasteiger partial charge on any atom is 0.0411 e. The third-order valence-electron chi connectivity index (χ3n) is 4.29. The molecule has 0 aromatic heterocycles. The van der Waals surface area contributed by atoms with Gasteiger partial charge in [0, 0.05) is 17.0 Å². The molecule has 1 aliphatic rings. The van der Waals surface area contributed by atoms with E-state index in [2.05, 4.69) is 55.2 Å². The maximum atomic E-state index is 3.66. The highest BCUT2D eigenvalue weighted by Crippen LogP contribution is 2.31. The molecule has 0 spiro atoms. The lowest BCUT2D eigenvalue weighted by Gasteiger charge is -2.24. The van der Waals surface area contributed by atoms with Crippen LogP contribution in [0.2, 0.25) is 0 Å². The van der Waals surface area contributed by atoms with E-state index in [9.17, 15) is 0 Å². The Hall–Kier alpha value is -0.470. The first kappa shape index (κ1) is 15.9. The van der Waals surface area contributed by atoms with Crippen LogP contribution in [0.25, 0.3) is 0 Å². The predicted octanol–water partition coefficient (Wildman–Crippen LogP) is 4.97. The van der Waals surface area contributed by atoms with Crippen molar-refractivity contribution in [2.45, 2.75) is 63.7 Å². The molecule has 1 nitrogen and oxygen atoms in total. The average Bonchev–Trinajstić information content (AvgIpc) is 2.52. The standard InChI is InChI=1S/C18H29NS/c1-3-15-10-12-16(13-11-15)18(19-4-2)14-20-17-8-6-5-7-9-17/h10-13,17-19H,3-9,14H2,1-2H3. The van der Waals surface area contributed by atoms with Gasteiger partial charge in [0.15, 0.2) is 0 Å². The number of nitrogens with one attached hydrogen (secondary N) is 1. The monoisotopic (exact) mass is 291 g/mol. The van der Waals surface area contributed by atoms with Crippen LogP contribution in [-0.2, 0) is 6.42 Å². The molecule has 0 bridgehead atoms. The Kier molecular flexibility index (Phi) is 6.95. The second-order valence-corrected chi connectivity index (χ2v) is 7.13. The zero-order valence-electron chi connectivity index (χ0n) is 13.0. The summed E-state index contributed by atoms with van der Waals surface area (Å²) in [4.78, 5) is 0. The Morgan fingerprint density at radius 2 is 1.80 bits per heavy atom. The minimum absolute atomic E-state index is 0.512. The number of aryl methyl sites for hydroxylation is 1. The van der Waals surface area contributed by atoms with Gasteiger partial charge in [-0.2, -0.15) is 11.8 Å². The molecule has 1 aromatic rings. The summed E-state index contributed by atoms with van der Waals surface area (Å²) in [6.45, 7) is 5.47. The molecule has 20 heavy (non-hydrogen) atoms. The first-order valence-corrected chi connectivity index (χ1v) is 9.32. The van der Waals surface area contributed by atoms with Gasteiger partial charge in [0.05, 0.1) is 0 Å². The van der Waals surface area contributed by atoms with Gasteiger partial charge in [0.2, 0.25) is 0 Å². The van der Waals surface area contributed by atoms with E-state index < -0.39 is 0 Å². The molecule has 1 atom stereocenters. The van der Waals surface area contributed by atoms with Crippen LogP contribution < -0.4 is 5.32 Å². The summed E-state index contributed by atoms with van der Waals surface area (Å²) in [5.74, 6) is 1.21. The summed E-state index contributed by atoms with van der Waals surface area (Å²) in [6.07, 6.45) is 8.31. The van der Waals surface area contributed by atoms with Gasteiger partial charge in [0.1, 0.15) is 0 Å². The van der Waals surface area contributed by atoms with Crippen molar-refractivity contribution in [2.75, 3.05) is 12.3 Å². The molecule has 2 heteroatoms. The second kappa shape index (κ2) is 8.74. The van der Waals surface area contributed by atoms with Crippen molar-refractivity contribution < 1.29 is 0 Å².